The molecule has 0 radical (unpaired) electrons. The molecule has 0 spiro atoms. The summed E-state index contributed by atoms with van der Waals surface area (Å²) in [4.78, 5) is 34.7. The zero-order chi connectivity index (χ0) is 17.6. The van der Waals surface area contributed by atoms with Gasteiger partial charge in [-0.1, -0.05) is 20.8 Å². The Labute approximate surface area is 135 Å². The third-order valence-corrected chi connectivity index (χ3v) is 3.83. The standard InChI is InChI=1S/C15H24O8/c1-5-10(16)22-9-7-21-15(20-4)13(23-11(17)6-2)12(9)8(3)14(18)19/h8-9,12-13,15H,5-7H2,1-4H3,(H,18,19)/t8?,9-,12+,13-,15+/m1/s1. The molecule has 132 valence electrons. The SMILES string of the molecule is CCC(=O)O[C@H]1[C@@H](OC)OC[C@@H](OC(=O)CC)[C@@H]1C(C)C(=O)O. The van der Waals surface area contributed by atoms with Crippen molar-refractivity contribution in [1.82, 2.24) is 0 Å². The normalized spacial score (nSPS) is 28.7. The van der Waals surface area contributed by atoms with E-state index in [4.69, 9.17) is 18.9 Å². The highest BCUT2D eigenvalue weighted by molar-refractivity contribution is 5.72. The van der Waals surface area contributed by atoms with Crippen LogP contribution in [0, 0.1) is 11.8 Å². The molecule has 0 aromatic heterocycles. The molecule has 0 bridgehead atoms. The van der Waals surface area contributed by atoms with Crippen molar-refractivity contribution in [2.45, 2.75) is 52.1 Å². The molecule has 1 heterocycles. The second-order valence-corrected chi connectivity index (χ2v) is 5.33. The fraction of sp³-hybridized carbons (Fsp3) is 0.800. The molecule has 1 aliphatic rings. The Kier molecular flexibility index (Phi) is 7.44. The molecule has 1 aliphatic heterocycles. The highest BCUT2D eigenvalue weighted by Crippen LogP contribution is 2.33. The van der Waals surface area contributed by atoms with Crippen molar-refractivity contribution in [3.05, 3.63) is 0 Å². The Bertz CT molecular complexity index is 435. The quantitative estimate of drug-likeness (QED) is 0.687. The van der Waals surface area contributed by atoms with Crippen LogP contribution in [-0.2, 0) is 33.3 Å². The molecule has 1 rings (SSSR count). The Morgan fingerprint density at radius 3 is 2.22 bits per heavy atom. The van der Waals surface area contributed by atoms with Crippen molar-refractivity contribution in [3.63, 3.8) is 0 Å². The predicted octanol–water partition coefficient (Wildman–Crippen LogP) is 0.970. The van der Waals surface area contributed by atoms with Gasteiger partial charge in [-0.05, 0) is 0 Å². The molecule has 5 atom stereocenters. The Morgan fingerprint density at radius 1 is 1.17 bits per heavy atom. The number of hydrogen-bond donors (Lipinski definition) is 1. The van der Waals surface area contributed by atoms with Crippen molar-refractivity contribution >= 4 is 17.9 Å². The van der Waals surface area contributed by atoms with Gasteiger partial charge in [0.15, 0.2) is 12.4 Å². The van der Waals surface area contributed by atoms with Crippen molar-refractivity contribution in [2.24, 2.45) is 11.8 Å². The van der Waals surface area contributed by atoms with Gasteiger partial charge >= 0.3 is 17.9 Å². The maximum absolute atomic E-state index is 11.7. The van der Waals surface area contributed by atoms with E-state index < -0.39 is 48.2 Å². The van der Waals surface area contributed by atoms with Crippen molar-refractivity contribution in [1.29, 1.82) is 0 Å². The van der Waals surface area contributed by atoms with Crippen LogP contribution in [0.2, 0.25) is 0 Å². The van der Waals surface area contributed by atoms with Crippen LogP contribution in [0.4, 0.5) is 0 Å². The predicted molar refractivity (Wildman–Crippen MR) is 77.4 cm³/mol. The molecule has 1 saturated heterocycles. The number of rotatable bonds is 7. The summed E-state index contributed by atoms with van der Waals surface area (Å²) in [6, 6.07) is 0. The summed E-state index contributed by atoms with van der Waals surface area (Å²) in [5.41, 5.74) is 0. The molecule has 1 N–H and O–H groups in total. The van der Waals surface area contributed by atoms with E-state index in [0.717, 1.165) is 0 Å². The van der Waals surface area contributed by atoms with Gasteiger partial charge in [-0.3, -0.25) is 14.4 Å². The van der Waals surface area contributed by atoms with E-state index in [9.17, 15) is 19.5 Å². The molecule has 1 fully saturated rings. The van der Waals surface area contributed by atoms with Crippen LogP contribution in [0.5, 0.6) is 0 Å². The number of aliphatic carboxylic acids is 1. The monoisotopic (exact) mass is 332 g/mol. The molecular weight excluding hydrogens is 308 g/mol. The van der Waals surface area contributed by atoms with Gasteiger partial charge in [0.2, 0.25) is 0 Å². The lowest BCUT2D eigenvalue weighted by molar-refractivity contribution is -0.265. The molecule has 23 heavy (non-hydrogen) atoms. The van der Waals surface area contributed by atoms with E-state index >= 15 is 0 Å². The minimum absolute atomic E-state index is 0.0211. The topological polar surface area (TPSA) is 108 Å². The summed E-state index contributed by atoms with van der Waals surface area (Å²) >= 11 is 0. The van der Waals surface area contributed by atoms with Crippen LogP contribution in [0.25, 0.3) is 0 Å². The van der Waals surface area contributed by atoms with Crippen LogP contribution < -0.4 is 0 Å². The highest BCUT2D eigenvalue weighted by Gasteiger charge is 2.49. The highest BCUT2D eigenvalue weighted by atomic mass is 16.7. The maximum Gasteiger partial charge on any atom is 0.306 e. The van der Waals surface area contributed by atoms with Gasteiger partial charge in [0.1, 0.15) is 6.10 Å². The molecule has 8 nitrogen and oxygen atoms in total. The third kappa shape index (κ3) is 4.90. The molecular formula is C15H24O8. The largest absolute Gasteiger partial charge is 0.481 e. The first-order valence-corrected chi connectivity index (χ1v) is 7.61. The van der Waals surface area contributed by atoms with Crippen LogP contribution >= 0.6 is 0 Å². The molecule has 8 heteroatoms. The van der Waals surface area contributed by atoms with Crippen LogP contribution in [0.3, 0.4) is 0 Å². The Balaban J connectivity index is 3.10. The van der Waals surface area contributed by atoms with E-state index in [2.05, 4.69) is 0 Å². The minimum Gasteiger partial charge on any atom is -0.481 e. The summed E-state index contributed by atoms with van der Waals surface area (Å²) in [6.07, 6.45) is -2.43. The zero-order valence-electron chi connectivity index (χ0n) is 13.8. The van der Waals surface area contributed by atoms with E-state index in [-0.39, 0.29) is 19.4 Å². The average molecular weight is 332 g/mol. The molecule has 0 saturated carbocycles. The van der Waals surface area contributed by atoms with E-state index in [0.29, 0.717) is 0 Å². The van der Waals surface area contributed by atoms with Gasteiger partial charge in [0.05, 0.1) is 18.4 Å². The van der Waals surface area contributed by atoms with Gasteiger partial charge in [0.25, 0.3) is 0 Å². The third-order valence-electron chi connectivity index (χ3n) is 3.83. The number of hydrogen-bond acceptors (Lipinski definition) is 7. The molecule has 0 aromatic rings. The first kappa shape index (κ1) is 19.4. The summed E-state index contributed by atoms with van der Waals surface area (Å²) in [7, 11) is 1.37. The number of carboxylic acid groups (broad SMARTS) is 1. The lowest BCUT2D eigenvalue weighted by atomic mass is 9.82. The van der Waals surface area contributed by atoms with Gasteiger partial charge in [0, 0.05) is 20.0 Å². The zero-order valence-corrected chi connectivity index (χ0v) is 13.8. The number of carbonyl (C=O) groups is 3. The molecule has 0 aliphatic carbocycles. The van der Waals surface area contributed by atoms with Crippen LogP contribution in [0.15, 0.2) is 0 Å². The first-order valence-electron chi connectivity index (χ1n) is 7.61. The lowest BCUT2D eigenvalue weighted by Gasteiger charge is -2.42. The van der Waals surface area contributed by atoms with E-state index in [1.807, 2.05) is 0 Å². The van der Waals surface area contributed by atoms with Gasteiger partial charge < -0.3 is 24.1 Å². The number of esters is 2. The van der Waals surface area contributed by atoms with Crippen LogP contribution in [-0.4, -0.2) is 55.2 Å². The van der Waals surface area contributed by atoms with Crippen molar-refractivity contribution in [3.8, 4) is 0 Å². The Hall–Kier alpha value is -1.67. The van der Waals surface area contributed by atoms with Gasteiger partial charge in [-0.2, -0.15) is 0 Å². The summed E-state index contributed by atoms with van der Waals surface area (Å²) < 4.78 is 21.2. The van der Waals surface area contributed by atoms with Gasteiger partial charge in [-0.25, -0.2) is 0 Å². The second-order valence-electron chi connectivity index (χ2n) is 5.33. The van der Waals surface area contributed by atoms with Crippen molar-refractivity contribution in [2.75, 3.05) is 13.7 Å². The minimum atomic E-state index is -1.08. The molecule has 1 unspecified atom stereocenters. The number of carbonyl (C=O) groups excluding carboxylic acids is 2. The summed E-state index contributed by atoms with van der Waals surface area (Å²) in [6.45, 7) is 4.71. The second kappa shape index (κ2) is 8.83. The first-order chi connectivity index (χ1) is 10.8. The Morgan fingerprint density at radius 2 is 1.74 bits per heavy atom. The van der Waals surface area contributed by atoms with Crippen molar-refractivity contribution < 1.29 is 38.4 Å². The maximum atomic E-state index is 11.7. The average Bonchev–Trinajstić information content (AvgIpc) is 2.54. The summed E-state index contributed by atoms with van der Waals surface area (Å²) in [5, 5.41) is 9.35. The fourth-order valence-corrected chi connectivity index (χ4v) is 2.50. The van der Waals surface area contributed by atoms with E-state index in [1.165, 1.54) is 14.0 Å². The number of ether oxygens (including phenoxy) is 4. The summed E-state index contributed by atoms with van der Waals surface area (Å²) in [5.74, 6) is -3.75. The molecule has 0 amide bonds. The van der Waals surface area contributed by atoms with Crippen LogP contribution in [0.1, 0.15) is 33.6 Å². The smallest absolute Gasteiger partial charge is 0.306 e. The molecule has 0 aromatic carbocycles. The number of methoxy groups -OCH3 is 1. The fourth-order valence-electron chi connectivity index (χ4n) is 2.50. The van der Waals surface area contributed by atoms with Gasteiger partial charge in [-0.15, -0.1) is 0 Å². The number of carboxylic acids is 1. The van der Waals surface area contributed by atoms with E-state index in [1.54, 1.807) is 13.8 Å². The lowest BCUT2D eigenvalue weighted by Crippen LogP contribution is -2.56.